The van der Waals surface area contributed by atoms with Crippen LogP contribution in [0.3, 0.4) is 0 Å². The van der Waals surface area contributed by atoms with Gasteiger partial charge in [0, 0.05) is 39.8 Å². The average molecular weight is 369 g/mol. The van der Waals surface area contributed by atoms with Crippen LogP contribution in [-0.4, -0.2) is 21.6 Å². The second-order valence-corrected chi connectivity index (χ2v) is 6.93. The third-order valence-corrected chi connectivity index (χ3v) is 4.94. The van der Waals surface area contributed by atoms with Gasteiger partial charge in [-0.1, -0.05) is 15.9 Å². The molecular formula is C15H21BrN4S. The molecule has 0 fully saturated rings. The summed E-state index contributed by atoms with van der Waals surface area (Å²) in [6.07, 6.45) is 0.884. The summed E-state index contributed by atoms with van der Waals surface area (Å²) in [6.45, 7) is 5.02. The fraction of sp³-hybridized carbons (Fsp3) is 0.400. The average Bonchev–Trinajstić information content (AvgIpc) is 2.85. The number of nitrogens with zero attached hydrogens (tertiary/aromatic N) is 2. The van der Waals surface area contributed by atoms with E-state index in [1.807, 2.05) is 23.4 Å². The van der Waals surface area contributed by atoms with Crippen LogP contribution in [0, 0.1) is 6.92 Å². The number of benzene rings is 1. The molecular weight excluding hydrogens is 348 g/mol. The molecule has 21 heavy (non-hydrogen) atoms. The Hall–Kier alpha value is -0.820. The molecule has 0 saturated carbocycles. The van der Waals surface area contributed by atoms with Crippen molar-refractivity contribution in [2.24, 2.45) is 5.84 Å². The van der Waals surface area contributed by atoms with Crippen LogP contribution < -0.4 is 11.3 Å². The zero-order chi connectivity index (χ0) is 15.2. The van der Waals surface area contributed by atoms with Crippen molar-refractivity contribution >= 4 is 27.7 Å². The fourth-order valence-corrected chi connectivity index (χ4v) is 3.38. The SMILES string of the molecule is CCn1nc(C)cc1CC(CSc1ccc(Br)cc1)NN. The summed E-state index contributed by atoms with van der Waals surface area (Å²) in [7, 11) is 0. The maximum absolute atomic E-state index is 5.71. The van der Waals surface area contributed by atoms with Gasteiger partial charge in [0.25, 0.3) is 0 Å². The largest absolute Gasteiger partial charge is 0.271 e. The molecule has 0 radical (unpaired) electrons. The minimum absolute atomic E-state index is 0.222. The summed E-state index contributed by atoms with van der Waals surface area (Å²) in [5, 5.41) is 4.48. The highest BCUT2D eigenvalue weighted by Crippen LogP contribution is 2.22. The molecule has 0 bridgehead atoms. The predicted molar refractivity (Wildman–Crippen MR) is 92.3 cm³/mol. The van der Waals surface area contributed by atoms with E-state index in [0.29, 0.717) is 0 Å². The van der Waals surface area contributed by atoms with Crippen molar-refractivity contribution in [3.8, 4) is 0 Å². The molecule has 114 valence electrons. The Balaban J connectivity index is 1.95. The summed E-state index contributed by atoms with van der Waals surface area (Å²) >= 11 is 5.26. The van der Waals surface area contributed by atoms with Crippen molar-refractivity contribution in [2.75, 3.05) is 5.75 Å². The highest BCUT2D eigenvalue weighted by molar-refractivity contribution is 9.10. The molecule has 0 aliphatic rings. The van der Waals surface area contributed by atoms with Crippen LogP contribution in [0.25, 0.3) is 0 Å². The number of halogens is 1. The number of aromatic nitrogens is 2. The summed E-state index contributed by atoms with van der Waals surface area (Å²) in [5.41, 5.74) is 5.21. The van der Waals surface area contributed by atoms with E-state index < -0.39 is 0 Å². The number of thioether (sulfide) groups is 1. The van der Waals surface area contributed by atoms with Crippen molar-refractivity contribution in [2.45, 2.75) is 37.8 Å². The van der Waals surface area contributed by atoms with Crippen LogP contribution in [0.4, 0.5) is 0 Å². The summed E-state index contributed by atoms with van der Waals surface area (Å²) in [6, 6.07) is 10.7. The Morgan fingerprint density at radius 1 is 1.38 bits per heavy atom. The molecule has 4 nitrogen and oxygen atoms in total. The highest BCUT2D eigenvalue weighted by Gasteiger charge is 2.12. The first-order valence-corrected chi connectivity index (χ1v) is 8.78. The van der Waals surface area contributed by atoms with Crippen molar-refractivity contribution < 1.29 is 0 Å². The van der Waals surface area contributed by atoms with Gasteiger partial charge in [0.2, 0.25) is 0 Å². The Kier molecular flexibility index (Phi) is 6.29. The van der Waals surface area contributed by atoms with Crippen LogP contribution in [0.2, 0.25) is 0 Å². The lowest BCUT2D eigenvalue weighted by Gasteiger charge is -2.16. The topological polar surface area (TPSA) is 55.9 Å². The molecule has 1 unspecified atom stereocenters. The highest BCUT2D eigenvalue weighted by atomic mass is 79.9. The third-order valence-electron chi connectivity index (χ3n) is 3.24. The molecule has 0 spiro atoms. The molecule has 2 rings (SSSR count). The molecule has 3 N–H and O–H groups in total. The van der Waals surface area contributed by atoms with Crippen molar-refractivity contribution in [3.05, 3.63) is 46.2 Å². The van der Waals surface area contributed by atoms with Crippen LogP contribution >= 0.6 is 27.7 Å². The number of hydrazine groups is 1. The van der Waals surface area contributed by atoms with Gasteiger partial charge in [-0.25, -0.2) is 0 Å². The van der Waals surface area contributed by atoms with Gasteiger partial charge in [0.15, 0.2) is 0 Å². The van der Waals surface area contributed by atoms with E-state index in [0.717, 1.165) is 28.9 Å². The second kappa shape index (κ2) is 7.98. The number of hydrogen-bond donors (Lipinski definition) is 2. The molecule has 1 aromatic carbocycles. The van der Waals surface area contributed by atoms with Crippen molar-refractivity contribution in [3.63, 3.8) is 0 Å². The van der Waals surface area contributed by atoms with Crippen LogP contribution in [-0.2, 0) is 13.0 Å². The minimum Gasteiger partial charge on any atom is -0.271 e. The number of hydrogen-bond acceptors (Lipinski definition) is 4. The standard InChI is InChI=1S/C15H21BrN4S/c1-3-20-14(8-11(2)19-20)9-13(18-17)10-21-15-6-4-12(16)5-7-15/h4-8,13,18H,3,9-10,17H2,1-2H3. The van der Waals surface area contributed by atoms with Gasteiger partial charge in [-0.05, 0) is 44.2 Å². The summed E-state index contributed by atoms with van der Waals surface area (Å²) < 4.78 is 3.15. The van der Waals surface area contributed by atoms with E-state index >= 15 is 0 Å². The van der Waals surface area contributed by atoms with Gasteiger partial charge in [-0.3, -0.25) is 16.0 Å². The van der Waals surface area contributed by atoms with Crippen molar-refractivity contribution in [1.82, 2.24) is 15.2 Å². The predicted octanol–water partition coefficient (Wildman–Crippen LogP) is 3.14. The quantitative estimate of drug-likeness (QED) is 0.447. The molecule has 1 aromatic heterocycles. The van der Waals surface area contributed by atoms with Crippen LogP contribution in [0.15, 0.2) is 39.7 Å². The number of nitrogens with two attached hydrogens (primary N) is 1. The maximum Gasteiger partial charge on any atom is 0.0596 e. The molecule has 2 aromatic rings. The molecule has 0 saturated heterocycles. The monoisotopic (exact) mass is 368 g/mol. The van der Waals surface area contributed by atoms with Gasteiger partial charge in [0.05, 0.1) is 5.69 Å². The van der Waals surface area contributed by atoms with Crippen LogP contribution in [0.1, 0.15) is 18.3 Å². The van der Waals surface area contributed by atoms with Gasteiger partial charge in [-0.2, -0.15) is 5.10 Å². The Morgan fingerprint density at radius 2 is 2.10 bits per heavy atom. The Bertz CT molecular complexity index is 568. The van der Waals surface area contributed by atoms with E-state index in [2.05, 4.69) is 63.7 Å². The van der Waals surface area contributed by atoms with E-state index in [4.69, 9.17) is 5.84 Å². The normalized spacial score (nSPS) is 12.6. The molecule has 1 atom stereocenters. The Morgan fingerprint density at radius 3 is 2.71 bits per heavy atom. The van der Waals surface area contributed by atoms with E-state index in [1.54, 1.807) is 0 Å². The fourth-order valence-electron chi connectivity index (χ4n) is 2.18. The molecule has 0 amide bonds. The molecule has 0 aliphatic carbocycles. The lowest BCUT2D eigenvalue weighted by Crippen LogP contribution is -2.39. The van der Waals surface area contributed by atoms with Crippen molar-refractivity contribution in [1.29, 1.82) is 0 Å². The zero-order valence-corrected chi connectivity index (χ0v) is 14.7. The van der Waals surface area contributed by atoms with Gasteiger partial charge in [0.1, 0.15) is 0 Å². The minimum atomic E-state index is 0.222. The second-order valence-electron chi connectivity index (χ2n) is 4.93. The van der Waals surface area contributed by atoms with Crippen LogP contribution in [0.5, 0.6) is 0 Å². The summed E-state index contributed by atoms with van der Waals surface area (Å²) in [5.74, 6) is 6.63. The van der Waals surface area contributed by atoms with E-state index in [1.165, 1.54) is 10.6 Å². The lowest BCUT2D eigenvalue weighted by atomic mass is 10.2. The Labute approximate surface area is 138 Å². The first-order chi connectivity index (χ1) is 10.1. The molecule has 6 heteroatoms. The zero-order valence-electron chi connectivity index (χ0n) is 12.3. The van der Waals surface area contributed by atoms with Gasteiger partial charge < -0.3 is 0 Å². The summed E-state index contributed by atoms with van der Waals surface area (Å²) in [4.78, 5) is 1.25. The maximum atomic E-state index is 5.71. The third kappa shape index (κ3) is 4.85. The number of aryl methyl sites for hydroxylation is 2. The van der Waals surface area contributed by atoms with E-state index in [9.17, 15) is 0 Å². The first-order valence-electron chi connectivity index (χ1n) is 7.00. The van der Waals surface area contributed by atoms with Gasteiger partial charge in [-0.15, -0.1) is 11.8 Å². The van der Waals surface area contributed by atoms with E-state index in [-0.39, 0.29) is 6.04 Å². The lowest BCUT2D eigenvalue weighted by molar-refractivity contribution is 0.534. The number of nitrogens with one attached hydrogen (secondary N) is 1. The molecule has 1 heterocycles. The molecule has 0 aliphatic heterocycles. The first kappa shape index (κ1) is 16.5. The smallest absolute Gasteiger partial charge is 0.0596 e. The number of rotatable bonds is 7. The van der Waals surface area contributed by atoms with Gasteiger partial charge >= 0.3 is 0 Å².